The molecule has 1 unspecified atom stereocenters. The Labute approximate surface area is 150 Å². The predicted molar refractivity (Wildman–Crippen MR) is 92.4 cm³/mol. The molecule has 0 aliphatic carbocycles. The normalized spacial score (nSPS) is 17.3. The van der Waals surface area contributed by atoms with Gasteiger partial charge in [-0.1, -0.05) is 17.7 Å². The Hall–Kier alpha value is -2.44. The van der Waals surface area contributed by atoms with Crippen molar-refractivity contribution in [3.05, 3.63) is 53.1 Å². The van der Waals surface area contributed by atoms with Crippen LogP contribution in [-0.2, 0) is 4.74 Å². The van der Waals surface area contributed by atoms with E-state index in [1.165, 1.54) is 12.1 Å². The maximum atomic E-state index is 12.6. The van der Waals surface area contributed by atoms with E-state index in [0.29, 0.717) is 30.5 Å². The summed E-state index contributed by atoms with van der Waals surface area (Å²) in [5.41, 5.74) is 0.147. The standard InChI is InChI=1S/C18H18ClNO5/c19-12-2-1-3-14(8-12)25-11-15-10-20(6-7-24-15)18(23)16-5-4-13(21)9-17(16)22/h1-5,8-9,15,21-22H,6-7,10-11H2. The van der Waals surface area contributed by atoms with Crippen LogP contribution in [0.4, 0.5) is 0 Å². The first-order valence-corrected chi connectivity index (χ1v) is 8.22. The zero-order valence-corrected chi connectivity index (χ0v) is 14.1. The van der Waals surface area contributed by atoms with E-state index in [-0.39, 0.29) is 35.7 Å². The number of aromatic hydroxyl groups is 2. The molecule has 2 aromatic carbocycles. The number of amides is 1. The molecule has 6 nitrogen and oxygen atoms in total. The van der Waals surface area contributed by atoms with E-state index in [1.54, 1.807) is 29.2 Å². The Morgan fingerprint density at radius 2 is 2.12 bits per heavy atom. The number of benzene rings is 2. The van der Waals surface area contributed by atoms with Crippen molar-refractivity contribution in [1.82, 2.24) is 4.90 Å². The van der Waals surface area contributed by atoms with Gasteiger partial charge in [0.2, 0.25) is 0 Å². The molecule has 1 aliphatic rings. The van der Waals surface area contributed by atoms with E-state index in [2.05, 4.69) is 0 Å². The number of morpholine rings is 1. The minimum atomic E-state index is -0.312. The number of carbonyl (C=O) groups excluding carboxylic acids is 1. The molecule has 1 saturated heterocycles. The Bertz CT molecular complexity index is 767. The van der Waals surface area contributed by atoms with E-state index in [1.807, 2.05) is 0 Å². The van der Waals surface area contributed by atoms with Crippen LogP contribution in [0.25, 0.3) is 0 Å². The summed E-state index contributed by atoms with van der Waals surface area (Å²) in [7, 11) is 0. The zero-order chi connectivity index (χ0) is 17.8. The van der Waals surface area contributed by atoms with Gasteiger partial charge in [0.05, 0.1) is 18.7 Å². The molecule has 3 rings (SSSR count). The third-order valence-electron chi connectivity index (χ3n) is 3.87. The molecule has 1 fully saturated rings. The maximum Gasteiger partial charge on any atom is 0.257 e. The van der Waals surface area contributed by atoms with E-state index < -0.39 is 0 Å². The van der Waals surface area contributed by atoms with Gasteiger partial charge < -0.3 is 24.6 Å². The lowest BCUT2D eigenvalue weighted by Crippen LogP contribution is -2.47. The lowest BCUT2D eigenvalue weighted by Gasteiger charge is -2.33. The van der Waals surface area contributed by atoms with Crippen molar-refractivity contribution >= 4 is 17.5 Å². The summed E-state index contributed by atoms with van der Waals surface area (Å²) in [5.74, 6) is -0.0173. The molecular formula is C18H18ClNO5. The summed E-state index contributed by atoms with van der Waals surface area (Å²) in [6, 6.07) is 11.0. The zero-order valence-electron chi connectivity index (χ0n) is 13.4. The molecule has 1 atom stereocenters. The predicted octanol–water partition coefficient (Wildman–Crippen LogP) is 2.67. The van der Waals surface area contributed by atoms with Crippen LogP contribution < -0.4 is 4.74 Å². The number of rotatable bonds is 4. The summed E-state index contributed by atoms with van der Waals surface area (Å²) in [6.07, 6.45) is -0.282. The molecule has 25 heavy (non-hydrogen) atoms. The fourth-order valence-electron chi connectivity index (χ4n) is 2.62. The number of phenols is 2. The molecular weight excluding hydrogens is 346 g/mol. The SMILES string of the molecule is O=C(c1ccc(O)cc1O)N1CCOC(COc2cccc(Cl)c2)C1. The number of hydrogen-bond donors (Lipinski definition) is 2. The second-order valence-electron chi connectivity index (χ2n) is 5.71. The van der Waals surface area contributed by atoms with Crippen LogP contribution in [-0.4, -0.2) is 53.4 Å². The molecule has 0 aromatic heterocycles. The van der Waals surface area contributed by atoms with Crippen LogP contribution in [0.5, 0.6) is 17.2 Å². The largest absolute Gasteiger partial charge is 0.508 e. The summed E-state index contributed by atoms with van der Waals surface area (Å²) in [5, 5.41) is 19.8. The lowest BCUT2D eigenvalue weighted by molar-refractivity contribution is -0.0401. The van der Waals surface area contributed by atoms with Crippen LogP contribution in [0, 0.1) is 0 Å². The second kappa shape index (κ2) is 7.63. The topological polar surface area (TPSA) is 79.2 Å². The summed E-state index contributed by atoms with van der Waals surface area (Å²) >= 11 is 5.92. The number of halogens is 1. The molecule has 1 aliphatic heterocycles. The average molecular weight is 364 g/mol. The van der Waals surface area contributed by atoms with Gasteiger partial charge in [-0.05, 0) is 30.3 Å². The van der Waals surface area contributed by atoms with Crippen LogP contribution in [0.1, 0.15) is 10.4 Å². The molecule has 1 heterocycles. The molecule has 0 saturated carbocycles. The molecule has 7 heteroatoms. The smallest absolute Gasteiger partial charge is 0.257 e. The van der Waals surface area contributed by atoms with Crippen LogP contribution >= 0.6 is 11.6 Å². The van der Waals surface area contributed by atoms with Crippen molar-refractivity contribution in [1.29, 1.82) is 0 Å². The summed E-state index contributed by atoms with van der Waals surface area (Å²) in [6.45, 7) is 1.44. The van der Waals surface area contributed by atoms with Gasteiger partial charge in [-0.2, -0.15) is 0 Å². The highest BCUT2D eigenvalue weighted by Gasteiger charge is 2.27. The number of hydrogen-bond acceptors (Lipinski definition) is 5. The minimum Gasteiger partial charge on any atom is -0.508 e. The van der Waals surface area contributed by atoms with Gasteiger partial charge in [0, 0.05) is 17.6 Å². The summed E-state index contributed by atoms with van der Waals surface area (Å²) < 4.78 is 11.3. The molecule has 0 spiro atoms. The number of carbonyl (C=O) groups is 1. The molecule has 1 amide bonds. The Kier molecular flexibility index (Phi) is 5.31. The second-order valence-corrected chi connectivity index (χ2v) is 6.15. The summed E-state index contributed by atoms with van der Waals surface area (Å²) in [4.78, 5) is 14.2. The van der Waals surface area contributed by atoms with E-state index in [9.17, 15) is 15.0 Å². The maximum absolute atomic E-state index is 12.6. The van der Waals surface area contributed by atoms with Gasteiger partial charge in [0.25, 0.3) is 5.91 Å². The fraction of sp³-hybridized carbons (Fsp3) is 0.278. The third-order valence-corrected chi connectivity index (χ3v) is 4.10. The van der Waals surface area contributed by atoms with Crippen molar-refractivity contribution in [2.24, 2.45) is 0 Å². The van der Waals surface area contributed by atoms with Gasteiger partial charge in [-0.25, -0.2) is 0 Å². The average Bonchev–Trinajstić information content (AvgIpc) is 2.60. The minimum absolute atomic E-state index is 0.0937. The Morgan fingerprint density at radius 3 is 2.88 bits per heavy atom. The first kappa shape index (κ1) is 17.4. The van der Waals surface area contributed by atoms with Crippen molar-refractivity contribution in [2.75, 3.05) is 26.3 Å². The number of nitrogens with zero attached hydrogens (tertiary/aromatic N) is 1. The van der Waals surface area contributed by atoms with Crippen molar-refractivity contribution in [3.63, 3.8) is 0 Å². The van der Waals surface area contributed by atoms with Crippen molar-refractivity contribution in [2.45, 2.75) is 6.10 Å². The van der Waals surface area contributed by atoms with Gasteiger partial charge >= 0.3 is 0 Å². The van der Waals surface area contributed by atoms with Gasteiger partial charge in [-0.3, -0.25) is 4.79 Å². The van der Waals surface area contributed by atoms with E-state index in [0.717, 1.165) is 6.07 Å². The highest BCUT2D eigenvalue weighted by molar-refractivity contribution is 6.30. The number of phenolic OH excluding ortho intramolecular Hbond substituents is 2. The Morgan fingerprint density at radius 1 is 1.28 bits per heavy atom. The van der Waals surface area contributed by atoms with Crippen LogP contribution in [0.15, 0.2) is 42.5 Å². The fourth-order valence-corrected chi connectivity index (χ4v) is 2.80. The quantitative estimate of drug-likeness (QED) is 0.873. The first-order chi connectivity index (χ1) is 12.0. The first-order valence-electron chi connectivity index (χ1n) is 7.84. The van der Waals surface area contributed by atoms with Crippen molar-refractivity contribution < 1.29 is 24.5 Å². The van der Waals surface area contributed by atoms with E-state index >= 15 is 0 Å². The van der Waals surface area contributed by atoms with Gasteiger partial charge in [0.1, 0.15) is 30.0 Å². The molecule has 2 N–H and O–H groups in total. The Balaban J connectivity index is 1.61. The highest BCUT2D eigenvalue weighted by Crippen LogP contribution is 2.25. The van der Waals surface area contributed by atoms with Crippen LogP contribution in [0.3, 0.4) is 0 Å². The lowest BCUT2D eigenvalue weighted by atomic mass is 10.1. The van der Waals surface area contributed by atoms with E-state index in [4.69, 9.17) is 21.1 Å². The molecule has 132 valence electrons. The van der Waals surface area contributed by atoms with Gasteiger partial charge in [0.15, 0.2) is 0 Å². The molecule has 0 bridgehead atoms. The molecule has 2 aromatic rings. The highest BCUT2D eigenvalue weighted by atomic mass is 35.5. The van der Waals surface area contributed by atoms with Crippen LogP contribution in [0.2, 0.25) is 5.02 Å². The third kappa shape index (κ3) is 4.35. The number of ether oxygens (including phenoxy) is 2. The molecule has 0 radical (unpaired) electrons. The monoisotopic (exact) mass is 363 g/mol. The van der Waals surface area contributed by atoms with Crippen molar-refractivity contribution in [3.8, 4) is 17.2 Å². The van der Waals surface area contributed by atoms with Gasteiger partial charge in [-0.15, -0.1) is 0 Å².